The lowest BCUT2D eigenvalue weighted by molar-refractivity contribution is 0.585. The average molecular weight is 467 g/mol. The van der Waals surface area contributed by atoms with Gasteiger partial charge >= 0.3 is 0 Å². The Balaban J connectivity index is 1.60. The van der Waals surface area contributed by atoms with E-state index in [1.807, 2.05) is 0 Å². The molecular formula is C34H30Si. The van der Waals surface area contributed by atoms with E-state index in [9.17, 15) is 0 Å². The number of rotatable bonds is 5. The summed E-state index contributed by atoms with van der Waals surface area (Å²) in [6.07, 6.45) is 25.2. The molecule has 2 aromatic carbocycles. The van der Waals surface area contributed by atoms with E-state index in [4.69, 9.17) is 0 Å². The van der Waals surface area contributed by atoms with Crippen LogP contribution in [-0.4, -0.2) is 8.07 Å². The molecule has 0 unspecified atom stereocenters. The summed E-state index contributed by atoms with van der Waals surface area (Å²) in [5.74, 6) is 8.05. The van der Waals surface area contributed by atoms with Crippen LogP contribution in [0.2, 0.25) is 19.6 Å². The fraction of sp³-hybridized carbons (Fsp3) is 0.118. The summed E-state index contributed by atoms with van der Waals surface area (Å²) in [6, 6.07) is 22.2. The predicted molar refractivity (Wildman–Crippen MR) is 149 cm³/mol. The van der Waals surface area contributed by atoms with Gasteiger partial charge in [0.15, 0.2) is 0 Å². The predicted octanol–water partition coefficient (Wildman–Crippen LogP) is 7.76. The van der Waals surface area contributed by atoms with Crippen LogP contribution in [0, 0.1) is 60.3 Å². The third-order valence-corrected chi connectivity index (χ3v) is 9.57. The molecule has 0 nitrogen and oxygen atoms in total. The molecule has 0 amide bonds. The van der Waals surface area contributed by atoms with Crippen LogP contribution in [0.3, 0.4) is 0 Å². The Bertz CT molecular complexity index is 1070. The number of hydrogen-bond acceptors (Lipinski definition) is 0. The second-order valence-electron chi connectivity index (χ2n) is 10.6. The molecule has 0 spiro atoms. The highest BCUT2D eigenvalue weighted by atomic mass is 28.3. The van der Waals surface area contributed by atoms with Crippen molar-refractivity contribution in [1.82, 2.24) is 0 Å². The zero-order valence-electron chi connectivity index (χ0n) is 20.6. The quantitative estimate of drug-likeness (QED) is 0.395. The van der Waals surface area contributed by atoms with Crippen molar-refractivity contribution >= 4 is 8.07 Å². The van der Waals surface area contributed by atoms with Gasteiger partial charge in [-0.3, -0.25) is 0 Å². The first kappa shape index (κ1) is 23.0. The van der Waals surface area contributed by atoms with Gasteiger partial charge in [0.2, 0.25) is 0 Å². The number of hydrogen-bond donors (Lipinski definition) is 0. The molecule has 1 heteroatoms. The zero-order chi connectivity index (χ0) is 24.0. The van der Waals surface area contributed by atoms with E-state index in [0.29, 0.717) is 0 Å². The molecule has 2 saturated carbocycles. The Hall–Kier alpha value is -2.38. The van der Waals surface area contributed by atoms with Crippen molar-refractivity contribution in [2.45, 2.75) is 25.1 Å². The smallest absolute Gasteiger partial charge is 0.0517 e. The van der Waals surface area contributed by atoms with Gasteiger partial charge in [0, 0.05) is 35.0 Å². The molecule has 0 aromatic heterocycles. The highest BCUT2D eigenvalue weighted by Crippen LogP contribution is 2.68. The summed E-state index contributed by atoms with van der Waals surface area (Å²) >= 11 is 0. The molecule has 10 radical (unpaired) electrons. The van der Waals surface area contributed by atoms with E-state index in [-0.39, 0.29) is 0 Å². The van der Waals surface area contributed by atoms with Gasteiger partial charge < -0.3 is 0 Å². The van der Waals surface area contributed by atoms with Crippen LogP contribution >= 0.6 is 0 Å². The SMILES string of the molecule is C[Si](C)(C)[C]1[CH][CH][C](C([C]2[C]3C=CC=C[C]3[C]3C=CC=C[C]32)(c2ccccc2)c2ccccc2)[CH]1. The molecule has 0 atom stereocenters. The van der Waals surface area contributed by atoms with Crippen LogP contribution < -0.4 is 0 Å². The summed E-state index contributed by atoms with van der Waals surface area (Å²) in [7, 11) is -1.49. The van der Waals surface area contributed by atoms with Crippen LogP contribution in [0.25, 0.3) is 0 Å². The van der Waals surface area contributed by atoms with E-state index in [2.05, 4.69) is 148 Å². The van der Waals surface area contributed by atoms with Gasteiger partial charge in [-0.25, -0.2) is 0 Å². The summed E-state index contributed by atoms with van der Waals surface area (Å²) < 4.78 is 0. The Labute approximate surface area is 213 Å². The van der Waals surface area contributed by atoms with Crippen molar-refractivity contribution in [3.05, 3.63) is 181 Å². The molecule has 170 valence electrons. The lowest BCUT2D eigenvalue weighted by atomic mass is 9.53. The van der Waals surface area contributed by atoms with Crippen molar-refractivity contribution < 1.29 is 0 Å². The van der Waals surface area contributed by atoms with Crippen LogP contribution in [0.4, 0.5) is 0 Å². The maximum atomic E-state index is 2.50. The average Bonchev–Trinajstić information content (AvgIpc) is 3.51. The van der Waals surface area contributed by atoms with E-state index in [0.717, 1.165) is 0 Å². The van der Waals surface area contributed by atoms with E-state index < -0.39 is 13.5 Å². The first-order valence-corrected chi connectivity index (χ1v) is 16.0. The topological polar surface area (TPSA) is 0 Å². The number of benzene rings is 2. The highest BCUT2D eigenvalue weighted by molar-refractivity contribution is 6.82. The monoisotopic (exact) mass is 466 g/mol. The largest absolute Gasteiger partial charge is 0.0758 e. The van der Waals surface area contributed by atoms with Gasteiger partial charge in [0.1, 0.15) is 0 Å². The standard InChI is InChI=1S/C34H30Si/c1-35(2,3)28-23-22-27(24-28)34(25-14-6-4-7-15-25,26-16-8-5-9-17-26)33-31-20-12-10-18-29(31)30-19-11-13-21-32(30)33/h4-24H,1-3H3. The maximum absolute atomic E-state index is 2.50. The van der Waals surface area contributed by atoms with Gasteiger partial charge in [-0.1, -0.05) is 129 Å². The fourth-order valence-electron chi connectivity index (χ4n) is 5.87. The summed E-state index contributed by atoms with van der Waals surface area (Å²) in [6.45, 7) is 7.31. The zero-order valence-corrected chi connectivity index (χ0v) is 21.6. The fourth-order valence-corrected chi connectivity index (χ4v) is 7.05. The van der Waals surface area contributed by atoms with Crippen molar-refractivity contribution in [2.75, 3.05) is 0 Å². The maximum Gasteiger partial charge on any atom is 0.0517 e. The third-order valence-electron chi connectivity index (χ3n) is 7.52. The van der Waals surface area contributed by atoms with Gasteiger partial charge in [-0.15, -0.1) is 0 Å². The van der Waals surface area contributed by atoms with E-state index in [1.54, 1.807) is 0 Å². The molecule has 2 fully saturated rings. The van der Waals surface area contributed by atoms with Crippen LogP contribution in [0.1, 0.15) is 11.1 Å². The van der Waals surface area contributed by atoms with E-state index in [1.165, 1.54) is 52.2 Å². The number of allylic oxidation sites excluding steroid dienone is 8. The molecule has 2 aromatic rings. The lowest BCUT2D eigenvalue weighted by Crippen LogP contribution is -2.44. The normalized spacial score (nSPS) is 22.8. The molecular weight excluding hydrogens is 436 g/mol. The van der Waals surface area contributed by atoms with Gasteiger partial charge in [-0.2, -0.15) is 0 Å². The van der Waals surface area contributed by atoms with Crippen molar-refractivity contribution in [2.24, 2.45) is 0 Å². The third kappa shape index (κ3) is 3.70. The van der Waals surface area contributed by atoms with Gasteiger partial charge in [0.05, 0.1) is 8.07 Å². The minimum atomic E-state index is -1.49. The van der Waals surface area contributed by atoms with Crippen molar-refractivity contribution in [3.8, 4) is 0 Å². The summed E-state index contributed by atoms with van der Waals surface area (Å²) in [5, 5.41) is 0. The van der Waals surface area contributed by atoms with Crippen molar-refractivity contribution in [3.63, 3.8) is 0 Å². The minimum Gasteiger partial charge on any atom is -0.0758 e. The number of fused-ring (bicyclic) bond motifs is 3. The van der Waals surface area contributed by atoms with Gasteiger partial charge in [0.25, 0.3) is 0 Å². The Morgan fingerprint density at radius 3 is 1.43 bits per heavy atom. The highest BCUT2D eigenvalue weighted by Gasteiger charge is 2.62. The minimum absolute atomic E-state index is 0.427. The molecule has 0 bridgehead atoms. The van der Waals surface area contributed by atoms with Crippen LogP contribution in [0.15, 0.2) is 109 Å². The Kier molecular flexibility index (Phi) is 5.88. The summed E-state index contributed by atoms with van der Waals surface area (Å²) in [4.78, 5) is 0. The molecule has 35 heavy (non-hydrogen) atoms. The molecule has 0 aliphatic heterocycles. The van der Waals surface area contributed by atoms with E-state index >= 15 is 0 Å². The summed E-state index contributed by atoms with van der Waals surface area (Å²) in [5.41, 5.74) is 3.69. The Morgan fingerprint density at radius 1 is 0.543 bits per heavy atom. The molecule has 0 N–H and O–H groups in total. The Morgan fingerprint density at radius 2 is 1.00 bits per heavy atom. The molecule has 4 aliphatic carbocycles. The molecule has 0 saturated heterocycles. The van der Waals surface area contributed by atoms with Crippen molar-refractivity contribution in [1.29, 1.82) is 0 Å². The van der Waals surface area contributed by atoms with Gasteiger partial charge in [-0.05, 0) is 41.8 Å². The second-order valence-corrected chi connectivity index (χ2v) is 15.7. The first-order chi connectivity index (χ1) is 17.0. The van der Waals surface area contributed by atoms with Crippen LogP contribution in [-0.2, 0) is 5.41 Å². The first-order valence-electron chi connectivity index (χ1n) is 12.5. The molecule has 0 heterocycles. The second kappa shape index (κ2) is 8.93. The lowest BCUT2D eigenvalue weighted by Gasteiger charge is -2.48. The van der Waals surface area contributed by atoms with Crippen LogP contribution in [0.5, 0.6) is 0 Å². The molecule has 6 rings (SSSR count). The molecule has 4 aliphatic rings.